The molecular weight excluding hydrogens is 449 g/mol. The fraction of sp³-hybridized carbons (Fsp3) is 0.889. The van der Waals surface area contributed by atoms with Gasteiger partial charge in [-0.2, -0.15) is 0 Å². The van der Waals surface area contributed by atoms with Crippen LogP contribution in [0, 0.1) is 0 Å². The van der Waals surface area contributed by atoms with E-state index in [0.29, 0.717) is 17.4 Å². The smallest absolute Gasteiger partial charge is 0.322 e. The van der Waals surface area contributed by atoms with E-state index in [1.165, 1.54) is 89.9 Å². The molecule has 0 saturated heterocycles. The van der Waals surface area contributed by atoms with Gasteiger partial charge in [-0.05, 0) is 32.1 Å². The molecule has 0 aliphatic heterocycles. The second-order valence-corrected chi connectivity index (χ2v) is 11.8. The van der Waals surface area contributed by atoms with E-state index in [9.17, 15) is 14.3 Å². The van der Waals surface area contributed by atoms with Crippen LogP contribution in [0.3, 0.4) is 0 Å². The van der Waals surface area contributed by atoms with Crippen LogP contribution < -0.4 is 4.89 Å². The third-order valence-corrected chi connectivity index (χ3v) is 6.79. The molecule has 1 atom stereocenters. The van der Waals surface area contributed by atoms with Gasteiger partial charge in [0.25, 0.3) is 0 Å². The van der Waals surface area contributed by atoms with Gasteiger partial charge < -0.3 is 18.4 Å². The van der Waals surface area contributed by atoms with Gasteiger partial charge in [-0.15, -0.1) is 0 Å². The Hall–Kier alpha value is -0.680. The number of unbranched alkanes of at least 4 members (excludes halogenated alkanes) is 15. The van der Waals surface area contributed by atoms with E-state index in [1.54, 1.807) is 0 Å². The summed E-state index contributed by atoms with van der Waals surface area (Å²) < 4.78 is 21.5. The largest absolute Gasteiger partial charge is 0.746 e. The minimum Gasteiger partial charge on any atom is -0.746 e. The van der Waals surface area contributed by atoms with Gasteiger partial charge >= 0.3 is 13.8 Å². The van der Waals surface area contributed by atoms with Crippen LogP contribution in [0.2, 0.25) is 0 Å². The van der Waals surface area contributed by atoms with Crippen molar-refractivity contribution in [1.82, 2.24) is 0 Å². The van der Waals surface area contributed by atoms with Crippen molar-refractivity contribution in [3.05, 3.63) is 12.2 Å². The lowest BCUT2D eigenvalue weighted by Crippen LogP contribution is -2.37. The summed E-state index contributed by atoms with van der Waals surface area (Å²) in [5.74, 6) is -0.718. The maximum absolute atomic E-state index is 11.7. The summed E-state index contributed by atoms with van der Waals surface area (Å²) in [6, 6.07) is 0. The Balaban J connectivity index is 3.43. The first-order chi connectivity index (χ1) is 16.2. The lowest BCUT2D eigenvalue weighted by Gasteiger charge is -2.26. The number of nitrogens with zero attached hydrogens (tertiary/aromatic N) is 1. The number of rotatable bonds is 24. The van der Waals surface area contributed by atoms with E-state index in [4.69, 9.17) is 4.52 Å². The van der Waals surface area contributed by atoms with E-state index < -0.39 is 13.8 Å². The average Bonchev–Trinajstić information content (AvgIpc) is 2.74. The van der Waals surface area contributed by atoms with Gasteiger partial charge in [0.1, 0.15) is 13.2 Å². The van der Waals surface area contributed by atoms with E-state index in [0.717, 1.165) is 12.8 Å². The topological polar surface area (TPSA) is 75.7 Å². The summed E-state index contributed by atoms with van der Waals surface area (Å²) in [5, 5.41) is 0. The predicted molar refractivity (Wildman–Crippen MR) is 140 cm³/mol. The molecule has 0 spiro atoms. The van der Waals surface area contributed by atoms with Crippen molar-refractivity contribution >= 4 is 13.8 Å². The molecule has 0 aliphatic carbocycles. The van der Waals surface area contributed by atoms with Crippen LogP contribution in [0.4, 0.5) is 0 Å². The lowest BCUT2D eigenvalue weighted by molar-refractivity contribution is -0.870. The summed E-state index contributed by atoms with van der Waals surface area (Å²) in [7, 11) is 1.25. The third-order valence-electron chi connectivity index (χ3n) is 5.87. The first-order valence-electron chi connectivity index (χ1n) is 13.8. The van der Waals surface area contributed by atoms with Crippen molar-refractivity contribution in [3.63, 3.8) is 0 Å². The number of allylic oxidation sites excluding steroid dienone is 2. The van der Waals surface area contributed by atoms with E-state index in [-0.39, 0.29) is 13.0 Å². The molecule has 0 fully saturated rings. The third kappa shape index (κ3) is 25.9. The highest BCUT2D eigenvalue weighted by atomic mass is 31.2. The molecule has 34 heavy (non-hydrogen) atoms. The van der Waals surface area contributed by atoms with Crippen LogP contribution in [0.25, 0.3) is 0 Å². The highest BCUT2D eigenvalue weighted by Crippen LogP contribution is 2.38. The van der Waals surface area contributed by atoms with Gasteiger partial charge in [0.2, 0.25) is 0 Å². The number of hydrogen-bond acceptors (Lipinski definition) is 5. The quantitative estimate of drug-likeness (QED) is 0.0597. The zero-order valence-electron chi connectivity index (χ0n) is 22.7. The molecule has 0 amide bonds. The van der Waals surface area contributed by atoms with Gasteiger partial charge in [0.05, 0.1) is 21.1 Å². The molecule has 202 valence electrons. The Morgan fingerprint density at radius 3 is 1.68 bits per heavy atom. The molecule has 0 radical (unpaired) electrons. The van der Waals surface area contributed by atoms with Crippen LogP contribution in [0.5, 0.6) is 0 Å². The standard InChI is InChI=1S/C27H54NO5P/c1-5-6-7-8-9-10-11-12-13-14-15-16-17-18-19-20-21-22-23-24-27(29)33-34(30,31)32-26-25-28(2,3)4/h12-13H,5-11,14-26H2,1-4H3/b13-12-. The molecule has 0 bridgehead atoms. The lowest BCUT2D eigenvalue weighted by atomic mass is 10.1. The van der Waals surface area contributed by atoms with Gasteiger partial charge in [-0.3, -0.25) is 9.36 Å². The van der Waals surface area contributed by atoms with E-state index in [2.05, 4.69) is 23.6 Å². The fourth-order valence-electron chi connectivity index (χ4n) is 3.67. The number of likely N-dealkylation sites (N-methyl/N-ethyl adjacent to an activating group) is 1. The highest BCUT2D eigenvalue weighted by Gasteiger charge is 2.17. The van der Waals surface area contributed by atoms with Crippen LogP contribution >= 0.6 is 7.82 Å². The van der Waals surface area contributed by atoms with Crippen LogP contribution in [-0.2, 0) is 18.4 Å². The SMILES string of the molecule is CCCCCCCC/C=C\CCCCCCCCCCCC(=O)OP(=O)([O-])OCC[N+](C)(C)C. The zero-order chi connectivity index (χ0) is 25.5. The molecule has 6 nitrogen and oxygen atoms in total. The maximum atomic E-state index is 11.7. The average molecular weight is 504 g/mol. The molecule has 0 rings (SSSR count). The minimum atomic E-state index is -4.54. The van der Waals surface area contributed by atoms with Crippen molar-refractivity contribution in [3.8, 4) is 0 Å². The van der Waals surface area contributed by atoms with Crippen molar-refractivity contribution < 1.29 is 27.8 Å². The van der Waals surface area contributed by atoms with Crippen molar-refractivity contribution in [2.24, 2.45) is 0 Å². The molecule has 0 aromatic heterocycles. The zero-order valence-corrected chi connectivity index (χ0v) is 23.6. The van der Waals surface area contributed by atoms with E-state index >= 15 is 0 Å². The molecule has 0 N–H and O–H groups in total. The van der Waals surface area contributed by atoms with Crippen LogP contribution in [-0.4, -0.2) is 44.7 Å². The summed E-state index contributed by atoms with van der Waals surface area (Å²) in [4.78, 5) is 23.4. The first kappa shape index (κ1) is 33.3. The normalized spacial score (nSPS) is 13.9. The Morgan fingerprint density at radius 1 is 0.765 bits per heavy atom. The molecule has 7 heteroatoms. The maximum Gasteiger partial charge on any atom is 0.322 e. The van der Waals surface area contributed by atoms with Crippen LogP contribution in [0.1, 0.15) is 122 Å². The van der Waals surface area contributed by atoms with Crippen LogP contribution in [0.15, 0.2) is 12.2 Å². The first-order valence-corrected chi connectivity index (χ1v) is 15.3. The van der Waals surface area contributed by atoms with E-state index in [1.807, 2.05) is 21.1 Å². The number of carbonyl (C=O) groups is 1. The second-order valence-electron chi connectivity index (χ2n) is 10.5. The summed E-state index contributed by atoms with van der Waals surface area (Å²) in [6.07, 6.45) is 25.7. The summed E-state index contributed by atoms with van der Waals surface area (Å²) in [6.45, 7) is 2.78. The molecule has 0 heterocycles. The predicted octanol–water partition coefficient (Wildman–Crippen LogP) is 7.32. The molecule has 0 aromatic carbocycles. The molecule has 0 aromatic rings. The van der Waals surface area contributed by atoms with Gasteiger partial charge in [0, 0.05) is 6.42 Å². The van der Waals surface area contributed by atoms with Gasteiger partial charge in [0.15, 0.2) is 0 Å². The monoisotopic (exact) mass is 503 g/mol. The number of hydrogen-bond donors (Lipinski definition) is 0. The Bertz CT molecular complexity index is 560. The van der Waals surface area contributed by atoms with Crippen molar-refractivity contribution in [2.75, 3.05) is 34.3 Å². The molecule has 0 saturated carbocycles. The Morgan fingerprint density at radius 2 is 1.21 bits per heavy atom. The molecule has 1 unspecified atom stereocenters. The number of phosphoric ester groups is 1. The minimum absolute atomic E-state index is 0.00745. The summed E-state index contributed by atoms with van der Waals surface area (Å²) in [5.41, 5.74) is 0. The highest BCUT2D eigenvalue weighted by molar-refractivity contribution is 7.46. The summed E-state index contributed by atoms with van der Waals surface area (Å²) >= 11 is 0. The molecule has 0 aliphatic rings. The Labute approximate surface area is 210 Å². The van der Waals surface area contributed by atoms with Gasteiger partial charge in [-0.25, -0.2) is 0 Å². The van der Waals surface area contributed by atoms with Crippen molar-refractivity contribution in [1.29, 1.82) is 0 Å². The number of phosphoric acid groups is 1. The Kier molecular flexibility index (Phi) is 21.2. The van der Waals surface area contributed by atoms with Crippen molar-refractivity contribution in [2.45, 2.75) is 122 Å². The number of quaternary nitrogens is 1. The number of carbonyl (C=O) groups excluding carboxylic acids is 1. The molecular formula is C27H54NO5P. The second kappa shape index (κ2) is 21.6. The van der Waals surface area contributed by atoms with Gasteiger partial charge in [-0.1, -0.05) is 96.1 Å². The fourth-order valence-corrected chi connectivity index (χ4v) is 4.37.